The summed E-state index contributed by atoms with van der Waals surface area (Å²) >= 11 is 1.68. The van der Waals surface area contributed by atoms with E-state index in [9.17, 15) is 0 Å². The quantitative estimate of drug-likeness (QED) is 0.505. The number of ether oxygens (including phenoxy) is 1. The normalized spacial score (nSPS) is 10.4. The molecule has 0 atom stereocenters. The van der Waals surface area contributed by atoms with Crippen LogP contribution in [0.4, 0.5) is 0 Å². The first-order valence-corrected chi connectivity index (χ1v) is 7.57. The molecule has 0 aliphatic rings. The van der Waals surface area contributed by atoms with Gasteiger partial charge in [-0.2, -0.15) is 0 Å². The number of aryl methyl sites for hydroxylation is 2. The van der Waals surface area contributed by atoms with E-state index in [1.165, 1.54) is 5.56 Å². The van der Waals surface area contributed by atoms with Crippen molar-refractivity contribution in [2.45, 2.75) is 24.6 Å². The molecule has 110 valence electrons. The van der Waals surface area contributed by atoms with Gasteiger partial charge in [-0.1, -0.05) is 6.07 Å². The van der Waals surface area contributed by atoms with Crippen molar-refractivity contribution in [1.82, 2.24) is 4.98 Å². The highest BCUT2D eigenvalue weighted by Crippen LogP contribution is 2.26. The first-order chi connectivity index (χ1) is 9.99. The lowest BCUT2D eigenvalue weighted by atomic mass is 10.1. The Morgan fingerprint density at radius 3 is 2.67 bits per heavy atom. The monoisotopic (exact) mass is 301 g/mol. The number of benzene rings is 1. The number of amidine groups is 1. The third kappa shape index (κ3) is 3.98. The number of hydrogen-bond acceptors (Lipinski definition) is 4. The molecule has 0 radical (unpaired) electrons. The van der Waals surface area contributed by atoms with E-state index in [0.717, 1.165) is 22.0 Å². The van der Waals surface area contributed by atoms with Crippen molar-refractivity contribution in [2.75, 3.05) is 7.11 Å². The Labute approximate surface area is 129 Å². The largest absolute Gasteiger partial charge is 0.496 e. The molecule has 0 saturated carbocycles. The Morgan fingerprint density at radius 1 is 1.29 bits per heavy atom. The number of aromatic nitrogens is 1. The van der Waals surface area contributed by atoms with E-state index < -0.39 is 0 Å². The maximum atomic E-state index is 7.52. The van der Waals surface area contributed by atoms with E-state index in [1.54, 1.807) is 18.9 Å². The predicted octanol–water partition coefficient (Wildman–Crippen LogP) is 3.28. The number of methoxy groups -OCH3 is 1. The molecule has 0 aliphatic carbocycles. The number of nitrogens with zero attached hydrogens (tertiary/aromatic N) is 1. The van der Waals surface area contributed by atoms with Crippen LogP contribution in [0.1, 0.15) is 22.4 Å². The summed E-state index contributed by atoms with van der Waals surface area (Å²) in [6.07, 6.45) is 0. The van der Waals surface area contributed by atoms with Crippen LogP contribution in [0.15, 0.2) is 35.4 Å². The van der Waals surface area contributed by atoms with Crippen molar-refractivity contribution in [3.63, 3.8) is 0 Å². The fourth-order valence-corrected chi connectivity index (χ4v) is 3.06. The molecular formula is C16H19N3OS. The molecule has 3 N–H and O–H groups in total. The van der Waals surface area contributed by atoms with Crippen LogP contribution in [0.25, 0.3) is 0 Å². The molecular weight excluding hydrogens is 282 g/mol. The molecule has 0 bridgehead atoms. The zero-order chi connectivity index (χ0) is 15.4. The number of hydrogen-bond donors (Lipinski definition) is 2. The molecule has 0 amide bonds. The molecule has 1 aromatic carbocycles. The average molecular weight is 301 g/mol. The summed E-state index contributed by atoms with van der Waals surface area (Å²) in [5.74, 6) is 1.45. The standard InChI is InChI=1S/C16H19N3OS/c1-10-6-11(2)19-15(7-10)21-9-12-4-5-13(16(17)18)14(8-12)20-3/h4-8H,9H2,1-3H3,(H3,17,18). The number of thioether (sulfide) groups is 1. The highest BCUT2D eigenvalue weighted by molar-refractivity contribution is 7.98. The third-order valence-corrected chi connectivity index (χ3v) is 4.00. The first-order valence-electron chi connectivity index (χ1n) is 6.59. The Hall–Kier alpha value is -2.01. The summed E-state index contributed by atoms with van der Waals surface area (Å²) in [6.45, 7) is 4.07. The molecule has 2 aromatic rings. The molecule has 0 unspecified atom stereocenters. The summed E-state index contributed by atoms with van der Waals surface area (Å²) in [6, 6.07) is 9.86. The van der Waals surface area contributed by atoms with Crippen molar-refractivity contribution in [2.24, 2.45) is 5.73 Å². The summed E-state index contributed by atoms with van der Waals surface area (Å²) in [7, 11) is 1.59. The van der Waals surface area contributed by atoms with Gasteiger partial charge in [-0.25, -0.2) is 4.98 Å². The van der Waals surface area contributed by atoms with Gasteiger partial charge in [0.15, 0.2) is 0 Å². The fourth-order valence-electron chi connectivity index (χ4n) is 2.08. The minimum Gasteiger partial charge on any atom is -0.496 e. The number of nitrogens with two attached hydrogens (primary N) is 1. The predicted molar refractivity (Wildman–Crippen MR) is 87.3 cm³/mol. The van der Waals surface area contributed by atoms with E-state index in [-0.39, 0.29) is 5.84 Å². The Morgan fingerprint density at radius 2 is 2.05 bits per heavy atom. The highest BCUT2D eigenvalue weighted by Gasteiger charge is 2.08. The third-order valence-electron chi connectivity index (χ3n) is 3.02. The number of rotatable bonds is 5. The molecule has 0 aliphatic heterocycles. The second kappa shape index (κ2) is 6.63. The number of nitrogen functional groups attached to an aromatic ring is 1. The van der Waals surface area contributed by atoms with Gasteiger partial charge in [-0.15, -0.1) is 11.8 Å². The van der Waals surface area contributed by atoms with E-state index in [0.29, 0.717) is 11.3 Å². The Bertz CT molecular complexity index is 650. The van der Waals surface area contributed by atoms with E-state index in [2.05, 4.69) is 24.0 Å². The molecule has 0 fully saturated rings. The van der Waals surface area contributed by atoms with Gasteiger partial charge in [-0.3, -0.25) is 5.41 Å². The van der Waals surface area contributed by atoms with Gasteiger partial charge >= 0.3 is 0 Å². The minimum absolute atomic E-state index is 0.0158. The topological polar surface area (TPSA) is 72.0 Å². The summed E-state index contributed by atoms with van der Waals surface area (Å²) in [5.41, 5.74) is 9.51. The van der Waals surface area contributed by atoms with Gasteiger partial charge in [0.25, 0.3) is 0 Å². The number of pyridine rings is 1. The second-order valence-corrected chi connectivity index (χ2v) is 5.86. The highest BCUT2D eigenvalue weighted by atomic mass is 32.2. The Balaban J connectivity index is 2.14. The van der Waals surface area contributed by atoms with E-state index >= 15 is 0 Å². The maximum Gasteiger partial charge on any atom is 0.130 e. The van der Waals surface area contributed by atoms with Crippen LogP contribution in [-0.2, 0) is 5.75 Å². The van der Waals surface area contributed by atoms with Crippen LogP contribution in [-0.4, -0.2) is 17.9 Å². The number of nitrogens with one attached hydrogen (secondary N) is 1. The summed E-state index contributed by atoms with van der Waals surface area (Å²) in [5, 5.41) is 8.53. The SMILES string of the molecule is COc1cc(CSc2cc(C)cc(C)n2)ccc1C(=N)N. The molecule has 2 rings (SSSR count). The summed E-state index contributed by atoms with van der Waals surface area (Å²) in [4.78, 5) is 4.52. The molecule has 5 heteroatoms. The van der Waals surface area contributed by atoms with Crippen LogP contribution in [0.2, 0.25) is 0 Å². The molecule has 0 spiro atoms. The molecule has 1 aromatic heterocycles. The van der Waals surface area contributed by atoms with Crippen molar-refractivity contribution >= 4 is 17.6 Å². The van der Waals surface area contributed by atoms with Gasteiger partial charge < -0.3 is 10.5 Å². The molecule has 21 heavy (non-hydrogen) atoms. The lowest BCUT2D eigenvalue weighted by Gasteiger charge is -2.09. The smallest absolute Gasteiger partial charge is 0.130 e. The van der Waals surface area contributed by atoms with Crippen LogP contribution in [0.3, 0.4) is 0 Å². The second-order valence-electron chi connectivity index (χ2n) is 4.86. The molecule has 1 heterocycles. The van der Waals surface area contributed by atoms with Crippen molar-refractivity contribution in [3.05, 3.63) is 52.7 Å². The van der Waals surface area contributed by atoms with Gasteiger partial charge in [-0.05, 0) is 49.2 Å². The zero-order valence-electron chi connectivity index (χ0n) is 12.4. The average Bonchev–Trinajstić information content (AvgIpc) is 2.43. The van der Waals surface area contributed by atoms with Crippen LogP contribution < -0.4 is 10.5 Å². The van der Waals surface area contributed by atoms with Gasteiger partial charge in [0.1, 0.15) is 11.6 Å². The van der Waals surface area contributed by atoms with Crippen molar-refractivity contribution in [1.29, 1.82) is 5.41 Å². The van der Waals surface area contributed by atoms with Gasteiger partial charge in [0.2, 0.25) is 0 Å². The lowest BCUT2D eigenvalue weighted by molar-refractivity contribution is 0.413. The van der Waals surface area contributed by atoms with E-state index in [4.69, 9.17) is 15.9 Å². The van der Waals surface area contributed by atoms with Crippen LogP contribution >= 0.6 is 11.8 Å². The van der Waals surface area contributed by atoms with Gasteiger partial charge in [0.05, 0.1) is 17.7 Å². The van der Waals surface area contributed by atoms with Gasteiger partial charge in [0, 0.05) is 11.4 Å². The molecule has 4 nitrogen and oxygen atoms in total. The Kier molecular flexibility index (Phi) is 4.85. The maximum absolute atomic E-state index is 7.52. The molecule has 0 saturated heterocycles. The zero-order valence-corrected chi connectivity index (χ0v) is 13.3. The fraction of sp³-hybridized carbons (Fsp3) is 0.250. The first kappa shape index (κ1) is 15.4. The van der Waals surface area contributed by atoms with Crippen LogP contribution in [0, 0.1) is 19.3 Å². The van der Waals surface area contributed by atoms with Crippen molar-refractivity contribution in [3.8, 4) is 5.75 Å². The lowest BCUT2D eigenvalue weighted by Crippen LogP contribution is -2.12. The van der Waals surface area contributed by atoms with Crippen molar-refractivity contribution < 1.29 is 4.74 Å². The summed E-state index contributed by atoms with van der Waals surface area (Å²) < 4.78 is 5.29. The minimum atomic E-state index is 0.0158. The van der Waals surface area contributed by atoms with Crippen LogP contribution in [0.5, 0.6) is 5.75 Å². The van der Waals surface area contributed by atoms with E-state index in [1.807, 2.05) is 25.1 Å².